The Morgan fingerprint density at radius 2 is 2.10 bits per heavy atom. The van der Waals surface area contributed by atoms with Gasteiger partial charge in [-0.15, -0.1) is 0 Å². The van der Waals surface area contributed by atoms with Gasteiger partial charge in [-0.25, -0.2) is 4.39 Å². The lowest BCUT2D eigenvalue weighted by Gasteiger charge is -2.26. The van der Waals surface area contributed by atoms with Crippen molar-refractivity contribution in [1.82, 2.24) is 0 Å². The first-order chi connectivity index (χ1) is 9.12. The molecule has 1 aromatic rings. The molecule has 0 spiro atoms. The number of nitro groups is 1. The summed E-state index contributed by atoms with van der Waals surface area (Å²) in [6.07, 6.45) is 0.563. The number of anilines is 1. The normalized spacial score (nSPS) is 14.2. The van der Waals surface area contributed by atoms with E-state index < -0.39 is 16.3 Å². The summed E-state index contributed by atoms with van der Waals surface area (Å²) in [6.45, 7) is 7.34. The smallest absolute Gasteiger partial charge is 0.295 e. The van der Waals surface area contributed by atoms with E-state index in [4.69, 9.17) is 0 Å². The maximum atomic E-state index is 13.4. The third-order valence-electron chi connectivity index (χ3n) is 2.98. The van der Waals surface area contributed by atoms with Crippen LogP contribution in [0.5, 0.6) is 0 Å². The van der Waals surface area contributed by atoms with Crippen molar-refractivity contribution in [2.75, 3.05) is 11.9 Å². The second-order valence-corrected chi connectivity index (χ2v) is 5.82. The summed E-state index contributed by atoms with van der Waals surface area (Å²) in [7, 11) is 0. The standard InChI is InChI=1S/C14H21FN2O3/c1-9(2)7-14(4,18)8-16-12-5-10(3)11(15)6-13(12)17(19)20/h5-6,9,16,18H,7-8H2,1-4H3. The molecular weight excluding hydrogens is 263 g/mol. The highest BCUT2D eigenvalue weighted by Gasteiger charge is 2.24. The Morgan fingerprint density at radius 3 is 2.60 bits per heavy atom. The Kier molecular flexibility index (Phi) is 5.05. The minimum Gasteiger partial charge on any atom is -0.388 e. The Labute approximate surface area is 118 Å². The molecule has 0 fully saturated rings. The zero-order chi connectivity index (χ0) is 15.5. The van der Waals surface area contributed by atoms with Crippen LogP contribution in [0.25, 0.3) is 0 Å². The van der Waals surface area contributed by atoms with E-state index >= 15 is 0 Å². The van der Waals surface area contributed by atoms with Gasteiger partial charge in [0.25, 0.3) is 5.69 Å². The highest BCUT2D eigenvalue weighted by molar-refractivity contribution is 5.63. The summed E-state index contributed by atoms with van der Waals surface area (Å²) in [4.78, 5) is 10.3. The summed E-state index contributed by atoms with van der Waals surface area (Å²) < 4.78 is 13.4. The van der Waals surface area contributed by atoms with Gasteiger partial charge in [-0.1, -0.05) is 13.8 Å². The summed E-state index contributed by atoms with van der Waals surface area (Å²) >= 11 is 0. The van der Waals surface area contributed by atoms with E-state index in [0.29, 0.717) is 17.9 Å². The molecule has 0 radical (unpaired) electrons. The second-order valence-electron chi connectivity index (χ2n) is 5.82. The van der Waals surface area contributed by atoms with E-state index in [9.17, 15) is 19.6 Å². The summed E-state index contributed by atoms with van der Waals surface area (Å²) in [5.41, 5.74) is -0.766. The molecule has 1 atom stereocenters. The lowest BCUT2D eigenvalue weighted by Crippen LogP contribution is -2.35. The third kappa shape index (κ3) is 4.45. The molecule has 0 bridgehead atoms. The highest BCUT2D eigenvalue weighted by atomic mass is 19.1. The fourth-order valence-corrected chi connectivity index (χ4v) is 2.20. The molecular formula is C14H21FN2O3. The number of rotatable bonds is 6. The van der Waals surface area contributed by atoms with E-state index in [1.807, 2.05) is 13.8 Å². The van der Waals surface area contributed by atoms with E-state index in [0.717, 1.165) is 6.07 Å². The van der Waals surface area contributed by atoms with Gasteiger partial charge >= 0.3 is 0 Å². The van der Waals surface area contributed by atoms with Crippen molar-refractivity contribution < 1.29 is 14.4 Å². The SMILES string of the molecule is Cc1cc(NCC(C)(O)CC(C)C)c([N+](=O)[O-])cc1F. The van der Waals surface area contributed by atoms with Crippen molar-refractivity contribution in [3.63, 3.8) is 0 Å². The van der Waals surface area contributed by atoms with Gasteiger partial charge in [0.05, 0.1) is 16.6 Å². The number of hydrogen-bond donors (Lipinski definition) is 2. The highest BCUT2D eigenvalue weighted by Crippen LogP contribution is 2.28. The molecule has 0 heterocycles. The van der Waals surface area contributed by atoms with Gasteiger partial charge in [0.15, 0.2) is 0 Å². The molecule has 6 heteroatoms. The molecule has 0 saturated heterocycles. The zero-order valence-corrected chi connectivity index (χ0v) is 12.2. The van der Waals surface area contributed by atoms with Crippen LogP contribution in [0, 0.1) is 28.8 Å². The minimum absolute atomic E-state index is 0.164. The fourth-order valence-electron chi connectivity index (χ4n) is 2.20. The maximum Gasteiger partial charge on any atom is 0.295 e. The molecule has 20 heavy (non-hydrogen) atoms. The topological polar surface area (TPSA) is 75.4 Å². The summed E-state index contributed by atoms with van der Waals surface area (Å²) in [6, 6.07) is 2.29. The third-order valence-corrected chi connectivity index (χ3v) is 2.98. The van der Waals surface area contributed by atoms with E-state index in [2.05, 4.69) is 5.32 Å². The number of hydrogen-bond acceptors (Lipinski definition) is 4. The van der Waals surface area contributed by atoms with Gasteiger partial charge < -0.3 is 10.4 Å². The first-order valence-electron chi connectivity index (χ1n) is 6.53. The summed E-state index contributed by atoms with van der Waals surface area (Å²) in [5.74, 6) is -0.312. The van der Waals surface area contributed by atoms with Crippen LogP contribution in [0.3, 0.4) is 0 Å². The number of nitrogens with zero attached hydrogens (tertiary/aromatic N) is 1. The molecule has 0 aromatic heterocycles. The van der Waals surface area contributed by atoms with E-state index in [1.54, 1.807) is 6.92 Å². The molecule has 112 valence electrons. The zero-order valence-electron chi connectivity index (χ0n) is 12.2. The van der Waals surface area contributed by atoms with Crippen LogP contribution in [0.4, 0.5) is 15.8 Å². The van der Waals surface area contributed by atoms with Gasteiger partial charge in [-0.05, 0) is 37.8 Å². The van der Waals surface area contributed by atoms with Crippen molar-refractivity contribution in [2.24, 2.45) is 5.92 Å². The molecule has 1 aromatic carbocycles. The van der Waals surface area contributed by atoms with Gasteiger partial charge in [-0.3, -0.25) is 10.1 Å². The molecule has 0 aliphatic heterocycles. The number of benzene rings is 1. The maximum absolute atomic E-state index is 13.4. The molecule has 5 nitrogen and oxygen atoms in total. The first-order valence-corrected chi connectivity index (χ1v) is 6.53. The van der Waals surface area contributed by atoms with Crippen LogP contribution >= 0.6 is 0 Å². The summed E-state index contributed by atoms with van der Waals surface area (Å²) in [5, 5.41) is 24.0. The number of halogens is 1. The molecule has 1 rings (SSSR count). The number of nitro benzene ring substituents is 1. The van der Waals surface area contributed by atoms with Crippen molar-refractivity contribution in [1.29, 1.82) is 0 Å². The van der Waals surface area contributed by atoms with Gasteiger partial charge in [0, 0.05) is 6.54 Å². The predicted octanol–water partition coefficient (Wildman–Crippen LogP) is 3.25. The second kappa shape index (κ2) is 6.17. The minimum atomic E-state index is -0.982. The number of aryl methyl sites for hydroxylation is 1. The first kappa shape index (κ1) is 16.4. The predicted molar refractivity (Wildman–Crippen MR) is 76.4 cm³/mol. The number of nitrogens with one attached hydrogen (secondary N) is 1. The fraction of sp³-hybridized carbons (Fsp3) is 0.571. The van der Waals surface area contributed by atoms with E-state index in [-0.39, 0.29) is 17.9 Å². The van der Waals surface area contributed by atoms with Crippen molar-refractivity contribution in [3.05, 3.63) is 33.6 Å². The molecule has 0 aliphatic carbocycles. The lowest BCUT2D eigenvalue weighted by molar-refractivity contribution is -0.384. The average Bonchev–Trinajstić information content (AvgIpc) is 2.28. The Bertz CT molecular complexity index is 501. The van der Waals surface area contributed by atoms with Crippen LogP contribution in [-0.4, -0.2) is 22.2 Å². The Balaban J connectivity index is 2.92. The van der Waals surface area contributed by atoms with Crippen molar-refractivity contribution in [2.45, 2.75) is 39.7 Å². The number of aliphatic hydroxyl groups is 1. The lowest BCUT2D eigenvalue weighted by atomic mass is 9.94. The van der Waals surface area contributed by atoms with Crippen molar-refractivity contribution >= 4 is 11.4 Å². The van der Waals surface area contributed by atoms with Gasteiger partial charge in [-0.2, -0.15) is 0 Å². The van der Waals surface area contributed by atoms with Gasteiger partial charge in [0.2, 0.25) is 0 Å². The van der Waals surface area contributed by atoms with Crippen molar-refractivity contribution in [3.8, 4) is 0 Å². The largest absolute Gasteiger partial charge is 0.388 e. The average molecular weight is 284 g/mol. The Hall–Kier alpha value is -1.69. The van der Waals surface area contributed by atoms with Crippen LogP contribution < -0.4 is 5.32 Å². The van der Waals surface area contributed by atoms with Crippen LogP contribution in [0.15, 0.2) is 12.1 Å². The van der Waals surface area contributed by atoms with E-state index in [1.165, 1.54) is 13.0 Å². The molecule has 0 aliphatic rings. The molecule has 2 N–H and O–H groups in total. The monoisotopic (exact) mass is 284 g/mol. The molecule has 0 amide bonds. The molecule has 1 unspecified atom stereocenters. The Morgan fingerprint density at radius 1 is 1.50 bits per heavy atom. The quantitative estimate of drug-likeness (QED) is 0.621. The molecule has 0 saturated carbocycles. The van der Waals surface area contributed by atoms with Gasteiger partial charge in [0.1, 0.15) is 11.5 Å². The van der Waals surface area contributed by atoms with Crippen LogP contribution in [-0.2, 0) is 0 Å². The van der Waals surface area contributed by atoms with Crippen LogP contribution in [0.2, 0.25) is 0 Å². The van der Waals surface area contributed by atoms with Crippen LogP contribution in [0.1, 0.15) is 32.8 Å².